The molecule has 0 aromatic heterocycles. The number of benzene rings is 1. The van der Waals surface area contributed by atoms with Crippen molar-refractivity contribution >= 4 is 15.9 Å². The molecule has 6 heteroatoms. The van der Waals surface area contributed by atoms with Crippen LogP contribution >= 0.6 is 0 Å². The van der Waals surface area contributed by atoms with Crippen molar-refractivity contribution in [1.82, 2.24) is 9.62 Å². The van der Waals surface area contributed by atoms with Crippen molar-refractivity contribution in [2.75, 3.05) is 13.1 Å². The molecule has 1 aromatic rings. The fraction of sp³-hybridized carbons (Fsp3) is 0.611. The Labute approximate surface area is 145 Å². The Morgan fingerprint density at radius 1 is 1.17 bits per heavy atom. The number of amides is 1. The van der Waals surface area contributed by atoms with Crippen LogP contribution in [-0.4, -0.2) is 38.4 Å². The van der Waals surface area contributed by atoms with Gasteiger partial charge in [0.05, 0.1) is 4.90 Å². The molecule has 1 aliphatic rings. The number of nitrogens with one attached hydrogen (secondary N) is 1. The van der Waals surface area contributed by atoms with Crippen LogP contribution in [0.4, 0.5) is 0 Å². The monoisotopic (exact) mass is 352 g/mol. The molecular formula is C18H28N2O3S. The first-order valence-corrected chi connectivity index (χ1v) is 10.1. The largest absolute Gasteiger partial charge is 0.339 e. The highest BCUT2D eigenvalue weighted by Gasteiger charge is 2.25. The van der Waals surface area contributed by atoms with Crippen molar-refractivity contribution in [2.45, 2.75) is 64.3 Å². The van der Waals surface area contributed by atoms with E-state index in [4.69, 9.17) is 0 Å². The Kier molecular flexibility index (Phi) is 6.04. The molecule has 24 heavy (non-hydrogen) atoms. The smallest absolute Gasteiger partial charge is 0.241 e. The maximum absolute atomic E-state index is 12.6. The summed E-state index contributed by atoms with van der Waals surface area (Å²) in [6.45, 7) is 7.80. The zero-order chi connectivity index (χ0) is 17.9. The summed E-state index contributed by atoms with van der Waals surface area (Å²) in [6, 6.07) is 4.01. The molecule has 0 aliphatic heterocycles. The lowest BCUT2D eigenvalue weighted by atomic mass is 10.1. The second-order valence-electron chi connectivity index (χ2n) is 6.78. The maximum atomic E-state index is 12.6. The van der Waals surface area contributed by atoms with Crippen LogP contribution in [0.5, 0.6) is 0 Å². The van der Waals surface area contributed by atoms with Gasteiger partial charge in [-0.15, -0.1) is 0 Å². The number of hydrogen-bond acceptors (Lipinski definition) is 3. The van der Waals surface area contributed by atoms with Crippen LogP contribution < -0.4 is 4.72 Å². The molecule has 5 nitrogen and oxygen atoms in total. The average molecular weight is 353 g/mol. The lowest BCUT2D eigenvalue weighted by Gasteiger charge is -2.28. The molecule has 0 atom stereocenters. The zero-order valence-electron chi connectivity index (χ0n) is 15.1. The molecular weight excluding hydrogens is 324 g/mol. The van der Waals surface area contributed by atoms with Gasteiger partial charge in [0.1, 0.15) is 0 Å². The molecule has 0 saturated heterocycles. The number of hydrogen-bond donors (Lipinski definition) is 1. The zero-order valence-corrected chi connectivity index (χ0v) is 15.9. The van der Waals surface area contributed by atoms with E-state index in [2.05, 4.69) is 4.72 Å². The molecule has 0 spiro atoms. The van der Waals surface area contributed by atoms with Crippen LogP contribution in [0.1, 0.15) is 49.3 Å². The second kappa shape index (κ2) is 7.66. The van der Waals surface area contributed by atoms with Gasteiger partial charge in [0.2, 0.25) is 15.9 Å². The van der Waals surface area contributed by atoms with Gasteiger partial charge >= 0.3 is 0 Å². The van der Waals surface area contributed by atoms with Crippen LogP contribution in [0.15, 0.2) is 17.0 Å². The van der Waals surface area contributed by atoms with Gasteiger partial charge in [0.25, 0.3) is 0 Å². The minimum Gasteiger partial charge on any atom is -0.339 e. The molecule has 1 N–H and O–H groups in total. The van der Waals surface area contributed by atoms with E-state index in [1.807, 2.05) is 37.8 Å². The molecule has 0 heterocycles. The number of carbonyl (C=O) groups excluding carboxylic acids is 1. The third kappa shape index (κ3) is 4.36. The Morgan fingerprint density at radius 3 is 2.21 bits per heavy atom. The van der Waals surface area contributed by atoms with Gasteiger partial charge in [-0.25, -0.2) is 13.1 Å². The summed E-state index contributed by atoms with van der Waals surface area (Å²) >= 11 is 0. The summed E-state index contributed by atoms with van der Waals surface area (Å²) < 4.78 is 27.9. The van der Waals surface area contributed by atoms with E-state index < -0.39 is 10.0 Å². The minimum absolute atomic E-state index is 0.0174. The number of nitrogens with zero attached hydrogens (tertiary/aromatic N) is 1. The highest BCUT2D eigenvalue weighted by atomic mass is 32.2. The first kappa shape index (κ1) is 18.9. The second-order valence-corrected chi connectivity index (χ2v) is 8.48. The molecule has 0 bridgehead atoms. The third-order valence-electron chi connectivity index (χ3n) is 4.69. The summed E-state index contributed by atoms with van der Waals surface area (Å²) in [4.78, 5) is 14.0. The van der Waals surface area contributed by atoms with Gasteiger partial charge in [0.15, 0.2) is 0 Å². The van der Waals surface area contributed by atoms with Crippen molar-refractivity contribution in [3.8, 4) is 0 Å². The van der Waals surface area contributed by atoms with E-state index >= 15 is 0 Å². The summed E-state index contributed by atoms with van der Waals surface area (Å²) in [5.74, 6) is 0.0174. The summed E-state index contributed by atoms with van der Waals surface area (Å²) in [6.07, 6.45) is 4.31. The normalized spacial score (nSPS) is 15.7. The molecule has 0 unspecified atom stereocenters. The molecule has 1 saturated carbocycles. The van der Waals surface area contributed by atoms with E-state index in [0.29, 0.717) is 11.4 Å². The molecule has 1 fully saturated rings. The topological polar surface area (TPSA) is 66.5 Å². The van der Waals surface area contributed by atoms with Crippen LogP contribution in [0.2, 0.25) is 0 Å². The van der Waals surface area contributed by atoms with Crippen LogP contribution in [0, 0.1) is 20.8 Å². The SMILES string of the molecule is CC(=O)N(CCNS(=O)(=O)c1c(C)cc(C)cc1C)C1CCCC1. The van der Waals surface area contributed by atoms with Gasteiger partial charge in [-0.1, -0.05) is 30.5 Å². The number of carbonyl (C=O) groups is 1. The lowest BCUT2D eigenvalue weighted by molar-refractivity contribution is -0.130. The van der Waals surface area contributed by atoms with E-state index in [9.17, 15) is 13.2 Å². The van der Waals surface area contributed by atoms with Gasteiger partial charge < -0.3 is 4.90 Å². The van der Waals surface area contributed by atoms with Crippen molar-refractivity contribution in [1.29, 1.82) is 0 Å². The van der Waals surface area contributed by atoms with E-state index in [0.717, 1.165) is 42.4 Å². The number of rotatable bonds is 6. The third-order valence-corrected chi connectivity index (χ3v) is 6.45. The highest BCUT2D eigenvalue weighted by molar-refractivity contribution is 7.89. The average Bonchev–Trinajstić information content (AvgIpc) is 2.95. The first-order valence-electron chi connectivity index (χ1n) is 8.57. The first-order chi connectivity index (χ1) is 11.2. The fourth-order valence-electron chi connectivity index (χ4n) is 3.78. The molecule has 1 amide bonds. The summed E-state index contributed by atoms with van der Waals surface area (Å²) in [5.41, 5.74) is 2.55. The maximum Gasteiger partial charge on any atom is 0.241 e. The number of sulfonamides is 1. The van der Waals surface area contributed by atoms with Crippen molar-refractivity contribution in [3.05, 3.63) is 28.8 Å². The van der Waals surface area contributed by atoms with Gasteiger partial charge in [-0.3, -0.25) is 4.79 Å². The molecule has 134 valence electrons. The molecule has 2 rings (SSSR count). The van der Waals surface area contributed by atoms with Gasteiger partial charge in [0, 0.05) is 26.1 Å². The van der Waals surface area contributed by atoms with E-state index in [1.54, 1.807) is 6.92 Å². The quantitative estimate of drug-likeness (QED) is 0.856. The van der Waals surface area contributed by atoms with Crippen LogP contribution in [0.3, 0.4) is 0 Å². The Balaban J connectivity index is 2.06. The van der Waals surface area contributed by atoms with E-state index in [1.165, 1.54) is 0 Å². The minimum atomic E-state index is -3.57. The van der Waals surface area contributed by atoms with Crippen molar-refractivity contribution in [3.63, 3.8) is 0 Å². The molecule has 1 aliphatic carbocycles. The Bertz CT molecular complexity index is 684. The van der Waals surface area contributed by atoms with Gasteiger partial charge in [-0.2, -0.15) is 0 Å². The predicted molar refractivity (Wildman–Crippen MR) is 95.5 cm³/mol. The molecule has 0 radical (unpaired) electrons. The van der Waals surface area contributed by atoms with E-state index in [-0.39, 0.29) is 18.5 Å². The fourth-order valence-corrected chi connectivity index (χ4v) is 5.25. The van der Waals surface area contributed by atoms with Crippen LogP contribution in [0.25, 0.3) is 0 Å². The Morgan fingerprint density at radius 2 is 1.71 bits per heavy atom. The Hall–Kier alpha value is -1.40. The number of aryl methyl sites for hydroxylation is 3. The van der Waals surface area contributed by atoms with Crippen LogP contribution in [-0.2, 0) is 14.8 Å². The predicted octanol–water partition coefficient (Wildman–Crippen LogP) is 2.68. The van der Waals surface area contributed by atoms with Gasteiger partial charge in [-0.05, 0) is 44.7 Å². The molecule has 1 aromatic carbocycles. The summed E-state index contributed by atoms with van der Waals surface area (Å²) in [7, 11) is -3.57. The highest BCUT2D eigenvalue weighted by Crippen LogP contribution is 2.24. The van der Waals surface area contributed by atoms with Crippen molar-refractivity contribution < 1.29 is 13.2 Å². The summed E-state index contributed by atoms with van der Waals surface area (Å²) in [5, 5.41) is 0. The lowest BCUT2D eigenvalue weighted by Crippen LogP contribution is -2.42. The van der Waals surface area contributed by atoms with Crippen molar-refractivity contribution in [2.24, 2.45) is 0 Å². The standard InChI is InChI=1S/C18H28N2O3S/c1-13-11-14(2)18(15(3)12-13)24(22,23)19-9-10-20(16(4)21)17-7-5-6-8-17/h11-12,17,19H,5-10H2,1-4H3.